The second-order valence-corrected chi connectivity index (χ2v) is 8.61. The van der Waals surface area contributed by atoms with Crippen LogP contribution in [0.25, 0.3) is 0 Å². The van der Waals surface area contributed by atoms with Gasteiger partial charge in [-0.3, -0.25) is 9.59 Å². The number of hydrogen-bond acceptors (Lipinski definition) is 2. The van der Waals surface area contributed by atoms with Gasteiger partial charge in [-0.05, 0) is 30.0 Å². The van der Waals surface area contributed by atoms with E-state index < -0.39 is 0 Å². The molecule has 3 aromatic rings. The predicted molar refractivity (Wildman–Crippen MR) is 127 cm³/mol. The Kier molecular flexibility index (Phi) is 7.00. The molecule has 0 radical (unpaired) electrons. The molecule has 1 heterocycles. The van der Waals surface area contributed by atoms with E-state index in [1.165, 1.54) is 16.7 Å². The van der Waals surface area contributed by atoms with Gasteiger partial charge in [-0.15, -0.1) is 0 Å². The van der Waals surface area contributed by atoms with Gasteiger partial charge in [0.2, 0.25) is 11.8 Å². The number of carbonyl (C=O) groups is 2. The minimum absolute atomic E-state index is 0.0235. The number of rotatable bonds is 8. The Morgan fingerprint density at radius 3 is 2.12 bits per heavy atom. The molecule has 0 aliphatic carbocycles. The van der Waals surface area contributed by atoms with Crippen molar-refractivity contribution in [1.82, 2.24) is 10.2 Å². The predicted octanol–water partition coefficient (Wildman–Crippen LogP) is 4.68. The van der Waals surface area contributed by atoms with Crippen molar-refractivity contribution >= 4 is 11.8 Å². The fraction of sp³-hybridized carbons (Fsp3) is 0.286. The van der Waals surface area contributed by atoms with Gasteiger partial charge in [0.05, 0.1) is 5.92 Å². The first-order valence-electron chi connectivity index (χ1n) is 11.3. The zero-order chi connectivity index (χ0) is 22.3. The van der Waals surface area contributed by atoms with E-state index in [9.17, 15) is 9.59 Å². The van der Waals surface area contributed by atoms with Crippen LogP contribution in [-0.2, 0) is 16.1 Å². The van der Waals surface area contributed by atoms with E-state index >= 15 is 0 Å². The maximum Gasteiger partial charge on any atom is 0.225 e. The van der Waals surface area contributed by atoms with Crippen LogP contribution in [0.2, 0.25) is 0 Å². The number of likely N-dealkylation sites (tertiary alicyclic amines) is 1. The molecule has 1 N–H and O–H groups in total. The zero-order valence-corrected chi connectivity index (χ0v) is 18.5. The minimum atomic E-state index is -0.278. The second kappa shape index (κ2) is 10.3. The third-order valence-electron chi connectivity index (χ3n) is 6.22. The van der Waals surface area contributed by atoms with Crippen LogP contribution in [0.15, 0.2) is 84.9 Å². The molecule has 4 rings (SSSR count). The van der Waals surface area contributed by atoms with Crippen LogP contribution in [-0.4, -0.2) is 29.8 Å². The molecule has 0 aromatic heterocycles. The number of nitrogens with zero attached hydrogens (tertiary/aromatic N) is 1. The summed E-state index contributed by atoms with van der Waals surface area (Å²) in [5.74, 6) is -0.0254. The molecule has 4 nitrogen and oxygen atoms in total. The van der Waals surface area contributed by atoms with Crippen molar-refractivity contribution in [2.75, 3.05) is 13.1 Å². The summed E-state index contributed by atoms with van der Waals surface area (Å²) in [6, 6.07) is 29.0. The van der Waals surface area contributed by atoms with Gasteiger partial charge in [0.25, 0.3) is 0 Å². The van der Waals surface area contributed by atoms with Crippen molar-refractivity contribution in [2.24, 2.45) is 5.92 Å². The van der Waals surface area contributed by atoms with Gasteiger partial charge < -0.3 is 10.2 Å². The van der Waals surface area contributed by atoms with E-state index in [-0.39, 0.29) is 23.7 Å². The van der Waals surface area contributed by atoms with Crippen molar-refractivity contribution in [2.45, 2.75) is 32.2 Å². The van der Waals surface area contributed by atoms with Gasteiger partial charge in [0, 0.05) is 32.0 Å². The summed E-state index contributed by atoms with van der Waals surface area (Å²) in [5, 5.41) is 3.09. The third-order valence-corrected chi connectivity index (χ3v) is 6.22. The molecule has 0 saturated carbocycles. The fourth-order valence-corrected chi connectivity index (χ4v) is 4.40. The highest BCUT2D eigenvalue weighted by molar-refractivity contribution is 5.89. The Morgan fingerprint density at radius 1 is 0.938 bits per heavy atom. The summed E-state index contributed by atoms with van der Waals surface area (Å²) >= 11 is 0. The average molecular weight is 427 g/mol. The number of nitrogens with one attached hydrogen (secondary N) is 1. The van der Waals surface area contributed by atoms with Crippen molar-refractivity contribution in [1.29, 1.82) is 0 Å². The summed E-state index contributed by atoms with van der Waals surface area (Å²) in [6.45, 7) is 3.67. The van der Waals surface area contributed by atoms with E-state index in [4.69, 9.17) is 0 Å². The van der Waals surface area contributed by atoms with E-state index in [0.29, 0.717) is 26.1 Å². The average Bonchev–Trinajstić information content (AvgIpc) is 3.19. The van der Waals surface area contributed by atoms with Crippen LogP contribution in [0.5, 0.6) is 0 Å². The molecule has 0 unspecified atom stereocenters. The van der Waals surface area contributed by atoms with Gasteiger partial charge in [0.1, 0.15) is 0 Å². The lowest BCUT2D eigenvalue weighted by Gasteiger charge is -2.19. The lowest BCUT2D eigenvalue weighted by molar-refractivity contribution is -0.129. The third kappa shape index (κ3) is 5.44. The van der Waals surface area contributed by atoms with Crippen LogP contribution in [0.1, 0.15) is 41.0 Å². The zero-order valence-electron chi connectivity index (χ0n) is 18.5. The van der Waals surface area contributed by atoms with Crippen LogP contribution in [0.4, 0.5) is 0 Å². The van der Waals surface area contributed by atoms with Gasteiger partial charge in [-0.2, -0.15) is 0 Å². The fourth-order valence-electron chi connectivity index (χ4n) is 4.40. The lowest BCUT2D eigenvalue weighted by atomic mass is 9.88. The molecule has 1 saturated heterocycles. The van der Waals surface area contributed by atoms with Crippen LogP contribution < -0.4 is 5.32 Å². The first kappa shape index (κ1) is 21.8. The molecule has 1 fully saturated rings. The van der Waals surface area contributed by atoms with Crippen molar-refractivity contribution in [3.05, 3.63) is 107 Å². The first-order chi connectivity index (χ1) is 15.6. The molecule has 4 heteroatoms. The molecule has 2 amide bonds. The lowest BCUT2D eigenvalue weighted by Crippen LogP contribution is -2.34. The highest BCUT2D eigenvalue weighted by Crippen LogP contribution is 2.27. The molecule has 1 aliphatic rings. The first-order valence-corrected chi connectivity index (χ1v) is 11.3. The topological polar surface area (TPSA) is 49.4 Å². The largest absolute Gasteiger partial charge is 0.356 e. The van der Waals surface area contributed by atoms with E-state index in [1.807, 2.05) is 31.2 Å². The van der Waals surface area contributed by atoms with E-state index in [1.54, 1.807) is 4.90 Å². The number of amides is 2. The number of hydrogen-bond donors (Lipinski definition) is 1. The smallest absolute Gasteiger partial charge is 0.225 e. The number of carbonyl (C=O) groups excluding carboxylic acids is 2. The summed E-state index contributed by atoms with van der Waals surface area (Å²) in [7, 11) is 0. The van der Waals surface area contributed by atoms with Crippen LogP contribution in [0, 0.1) is 12.8 Å². The monoisotopic (exact) mass is 426 g/mol. The SMILES string of the molecule is Cc1ccc(CN2C[C@H](C(=O)NCCC(c3ccccc3)c3ccccc3)CC2=O)cc1. The Bertz CT molecular complexity index is 993. The van der Waals surface area contributed by atoms with E-state index in [2.05, 4.69) is 66.0 Å². The molecular formula is C28H30N2O2. The highest BCUT2D eigenvalue weighted by atomic mass is 16.2. The Balaban J connectivity index is 1.32. The maximum atomic E-state index is 12.8. The van der Waals surface area contributed by atoms with Gasteiger partial charge >= 0.3 is 0 Å². The minimum Gasteiger partial charge on any atom is -0.356 e. The summed E-state index contributed by atoms with van der Waals surface area (Å²) in [4.78, 5) is 27.1. The van der Waals surface area contributed by atoms with Crippen LogP contribution in [0.3, 0.4) is 0 Å². The Labute approximate surface area is 190 Å². The van der Waals surface area contributed by atoms with Crippen molar-refractivity contribution in [3.63, 3.8) is 0 Å². The Morgan fingerprint density at radius 2 is 1.53 bits per heavy atom. The van der Waals surface area contributed by atoms with Gasteiger partial charge in [-0.1, -0.05) is 90.5 Å². The normalized spacial score (nSPS) is 15.9. The maximum absolute atomic E-state index is 12.8. The van der Waals surface area contributed by atoms with E-state index in [0.717, 1.165) is 12.0 Å². The van der Waals surface area contributed by atoms with Crippen molar-refractivity contribution < 1.29 is 9.59 Å². The number of aryl methyl sites for hydroxylation is 1. The summed E-state index contributed by atoms with van der Waals surface area (Å²) in [6.07, 6.45) is 1.10. The molecule has 32 heavy (non-hydrogen) atoms. The quantitative estimate of drug-likeness (QED) is 0.568. The highest BCUT2D eigenvalue weighted by Gasteiger charge is 2.34. The molecule has 3 aromatic carbocycles. The number of benzene rings is 3. The van der Waals surface area contributed by atoms with Crippen molar-refractivity contribution in [3.8, 4) is 0 Å². The van der Waals surface area contributed by atoms with Gasteiger partial charge in [0.15, 0.2) is 0 Å². The molecule has 1 aliphatic heterocycles. The molecule has 0 spiro atoms. The Hall–Kier alpha value is -3.40. The molecule has 1 atom stereocenters. The second-order valence-electron chi connectivity index (χ2n) is 8.61. The standard InChI is InChI=1S/C28H30N2O2/c1-21-12-14-22(15-13-21)19-30-20-25(18-27(30)31)28(32)29-17-16-26(23-8-4-2-5-9-23)24-10-6-3-7-11-24/h2-15,25-26H,16-20H2,1H3,(H,29,32)/t25-/m1/s1. The molecular weight excluding hydrogens is 396 g/mol. The molecule has 164 valence electrons. The summed E-state index contributed by atoms with van der Waals surface area (Å²) in [5.41, 5.74) is 4.78. The van der Waals surface area contributed by atoms with Gasteiger partial charge in [-0.25, -0.2) is 0 Å². The summed E-state index contributed by atoms with van der Waals surface area (Å²) < 4.78 is 0. The van der Waals surface area contributed by atoms with Crippen LogP contribution >= 0.6 is 0 Å². The molecule has 0 bridgehead atoms.